The minimum absolute atomic E-state index is 0.137. The zero-order chi connectivity index (χ0) is 15.8. The highest BCUT2D eigenvalue weighted by atomic mass is 28.4. The summed E-state index contributed by atoms with van der Waals surface area (Å²) < 4.78 is 7.58. The molecule has 0 saturated carbocycles. The van der Waals surface area contributed by atoms with Crippen molar-refractivity contribution in [3.05, 3.63) is 35.7 Å². The maximum Gasteiger partial charge on any atom is 0.354 e. The van der Waals surface area contributed by atoms with Gasteiger partial charge in [0.15, 0.2) is 8.32 Å². The third kappa shape index (κ3) is 3.16. The van der Waals surface area contributed by atoms with E-state index in [2.05, 4.69) is 39.0 Å². The zero-order valence-corrected chi connectivity index (χ0v) is 14.2. The summed E-state index contributed by atoms with van der Waals surface area (Å²) in [6, 6.07) is 6.98. The van der Waals surface area contributed by atoms with Gasteiger partial charge < -0.3 is 9.53 Å². The zero-order valence-electron chi connectivity index (χ0n) is 13.2. The van der Waals surface area contributed by atoms with Crippen molar-refractivity contribution in [3.63, 3.8) is 0 Å². The van der Waals surface area contributed by atoms with E-state index in [0.717, 1.165) is 11.2 Å². The SMILES string of the molecule is CC(C)(C)[Si](C)(C)OCc1cc2cccc(C(=O)O)n2n1. The Bertz CT molecular complexity index is 671. The fourth-order valence-corrected chi connectivity index (χ4v) is 2.71. The van der Waals surface area contributed by atoms with E-state index in [1.54, 1.807) is 12.1 Å². The normalized spacial score (nSPS) is 12.8. The third-order valence-corrected chi connectivity index (χ3v) is 8.62. The number of carboxylic acids is 1. The van der Waals surface area contributed by atoms with Gasteiger partial charge in [-0.25, -0.2) is 9.31 Å². The summed E-state index contributed by atoms with van der Waals surface area (Å²) in [6.07, 6.45) is 0. The van der Waals surface area contributed by atoms with Crippen LogP contribution in [-0.2, 0) is 11.0 Å². The molecule has 0 unspecified atom stereocenters. The van der Waals surface area contributed by atoms with E-state index in [4.69, 9.17) is 4.43 Å². The van der Waals surface area contributed by atoms with E-state index in [9.17, 15) is 9.90 Å². The van der Waals surface area contributed by atoms with Crippen molar-refractivity contribution in [2.75, 3.05) is 0 Å². The lowest BCUT2D eigenvalue weighted by molar-refractivity contribution is 0.0687. The second kappa shape index (κ2) is 5.27. The average Bonchev–Trinajstić information content (AvgIpc) is 2.77. The molecule has 0 atom stereocenters. The molecule has 6 heteroatoms. The molecule has 0 aliphatic heterocycles. The molecule has 0 radical (unpaired) electrons. The van der Waals surface area contributed by atoms with Crippen molar-refractivity contribution in [2.45, 2.75) is 45.5 Å². The van der Waals surface area contributed by atoms with Gasteiger partial charge in [0.1, 0.15) is 5.69 Å². The predicted molar refractivity (Wildman–Crippen MR) is 84.1 cm³/mol. The predicted octanol–water partition coefficient (Wildman–Crippen LogP) is 3.55. The maximum absolute atomic E-state index is 11.2. The molecular weight excluding hydrogens is 284 g/mol. The molecule has 114 valence electrons. The number of aromatic carboxylic acids is 1. The molecular formula is C15H22N2O3Si. The van der Waals surface area contributed by atoms with Crippen molar-refractivity contribution in [3.8, 4) is 0 Å². The number of rotatable bonds is 4. The first-order valence-electron chi connectivity index (χ1n) is 6.97. The van der Waals surface area contributed by atoms with Crippen molar-refractivity contribution in [1.29, 1.82) is 0 Å². The fraction of sp³-hybridized carbons (Fsp3) is 0.467. The van der Waals surface area contributed by atoms with Gasteiger partial charge in [0.2, 0.25) is 0 Å². The van der Waals surface area contributed by atoms with Crippen LogP contribution in [0.4, 0.5) is 0 Å². The number of pyridine rings is 1. The number of nitrogens with zero attached hydrogens (tertiary/aromatic N) is 2. The summed E-state index contributed by atoms with van der Waals surface area (Å²) in [6.45, 7) is 11.3. The first kappa shape index (κ1) is 15.7. The monoisotopic (exact) mass is 306 g/mol. The molecule has 0 fully saturated rings. The topological polar surface area (TPSA) is 63.8 Å². The Hall–Kier alpha value is -1.66. The standard InChI is InChI=1S/C15H22N2O3Si/c1-15(2,3)21(4,5)20-10-11-9-12-7-6-8-13(14(18)19)17(12)16-11/h6-9H,10H2,1-5H3,(H,18,19). The smallest absolute Gasteiger partial charge is 0.354 e. The first-order chi connectivity index (χ1) is 9.62. The van der Waals surface area contributed by atoms with Crippen LogP contribution >= 0.6 is 0 Å². The van der Waals surface area contributed by atoms with Gasteiger partial charge in [0.05, 0.1) is 17.8 Å². The van der Waals surface area contributed by atoms with Gasteiger partial charge in [-0.15, -0.1) is 0 Å². The van der Waals surface area contributed by atoms with Gasteiger partial charge in [-0.05, 0) is 36.3 Å². The molecule has 0 saturated heterocycles. The Morgan fingerprint density at radius 3 is 2.62 bits per heavy atom. The quantitative estimate of drug-likeness (QED) is 0.877. The van der Waals surface area contributed by atoms with Crippen LogP contribution in [0.25, 0.3) is 5.52 Å². The summed E-state index contributed by atoms with van der Waals surface area (Å²) in [5.74, 6) is -0.986. The molecule has 0 bridgehead atoms. The Labute approximate surface area is 125 Å². The van der Waals surface area contributed by atoms with Crippen LogP contribution in [0.15, 0.2) is 24.3 Å². The molecule has 21 heavy (non-hydrogen) atoms. The van der Waals surface area contributed by atoms with Crippen LogP contribution < -0.4 is 0 Å². The molecule has 1 N–H and O–H groups in total. The molecule has 0 aliphatic rings. The molecule has 2 rings (SSSR count). The van der Waals surface area contributed by atoms with Crippen LogP contribution in [-0.4, -0.2) is 29.0 Å². The second-order valence-corrected chi connectivity index (χ2v) is 11.5. The lowest BCUT2D eigenvalue weighted by Crippen LogP contribution is -2.40. The largest absolute Gasteiger partial charge is 0.477 e. The van der Waals surface area contributed by atoms with E-state index in [0.29, 0.717) is 6.61 Å². The number of carbonyl (C=O) groups is 1. The average molecular weight is 306 g/mol. The Balaban J connectivity index is 2.25. The molecule has 0 spiro atoms. The number of hydrogen-bond acceptors (Lipinski definition) is 3. The molecule has 0 amide bonds. The highest BCUT2D eigenvalue weighted by Crippen LogP contribution is 2.37. The molecule has 2 aromatic rings. The van der Waals surface area contributed by atoms with Crippen LogP contribution in [0.1, 0.15) is 37.0 Å². The fourth-order valence-electron chi connectivity index (χ4n) is 1.77. The number of aromatic nitrogens is 2. The number of fused-ring (bicyclic) bond motifs is 1. The molecule has 2 heterocycles. The second-order valence-electron chi connectivity index (χ2n) is 6.74. The van der Waals surface area contributed by atoms with Crippen molar-refractivity contribution in [2.24, 2.45) is 0 Å². The lowest BCUT2D eigenvalue weighted by Gasteiger charge is -2.35. The summed E-state index contributed by atoms with van der Waals surface area (Å²) in [5.41, 5.74) is 1.68. The molecule has 2 aromatic heterocycles. The van der Waals surface area contributed by atoms with Crippen LogP contribution in [0.2, 0.25) is 18.1 Å². The van der Waals surface area contributed by atoms with E-state index >= 15 is 0 Å². The lowest BCUT2D eigenvalue weighted by atomic mass is 10.2. The van der Waals surface area contributed by atoms with Gasteiger partial charge in [0.25, 0.3) is 0 Å². The minimum atomic E-state index is -1.84. The van der Waals surface area contributed by atoms with Crippen LogP contribution in [0.5, 0.6) is 0 Å². The van der Waals surface area contributed by atoms with Gasteiger partial charge >= 0.3 is 5.97 Å². The van der Waals surface area contributed by atoms with Gasteiger partial charge in [-0.1, -0.05) is 26.8 Å². The van der Waals surface area contributed by atoms with Gasteiger partial charge in [-0.3, -0.25) is 0 Å². The number of carboxylic acid groups (broad SMARTS) is 1. The van der Waals surface area contributed by atoms with Gasteiger partial charge in [-0.2, -0.15) is 5.10 Å². The molecule has 0 aliphatic carbocycles. The third-order valence-electron chi connectivity index (χ3n) is 4.14. The summed E-state index contributed by atoms with van der Waals surface area (Å²) >= 11 is 0. The van der Waals surface area contributed by atoms with Crippen molar-refractivity contribution in [1.82, 2.24) is 9.61 Å². The summed E-state index contributed by atoms with van der Waals surface area (Å²) in [4.78, 5) is 11.2. The molecule has 5 nitrogen and oxygen atoms in total. The van der Waals surface area contributed by atoms with Crippen molar-refractivity contribution < 1.29 is 14.3 Å². The Kier molecular flexibility index (Phi) is 3.95. The van der Waals surface area contributed by atoms with Crippen LogP contribution in [0, 0.1) is 0 Å². The van der Waals surface area contributed by atoms with E-state index < -0.39 is 14.3 Å². The van der Waals surface area contributed by atoms with E-state index in [1.165, 1.54) is 4.52 Å². The minimum Gasteiger partial charge on any atom is -0.477 e. The maximum atomic E-state index is 11.2. The van der Waals surface area contributed by atoms with Gasteiger partial charge in [0, 0.05) is 0 Å². The Morgan fingerprint density at radius 1 is 1.38 bits per heavy atom. The van der Waals surface area contributed by atoms with E-state index in [-0.39, 0.29) is 10.7 Å². The number of hydrogen-bond donors (Lipinski definition) is 1. The summed E-state index contributed by atoms with van der Waals surface area (Å²) in [5, 5.41) is 13.7. The highest BCUT2D eigenvalue weighted by Gasteiger charge is 2.37. The van der Waals surface area contributed by atoms with E-state index in [1.807, 2.05) is 12.1 Å². The van der Waals surface area contributed by atoms with Crippen LogP contribution in [0.3, 0.4) is 0 Å². The molecule has 0 aromatic carbocycles. The summed E-state index contributed by atoms with van der Waals surface area (Å²) in [7, 11) is -1.84. The first-order valence-corrected chi connectivity index (χ1v) is 9.87. The Morgan fingerprint density at radius 2 is 2.05 bits per heavy atom. The van der Waals surface area contributed by atoms with Crippen molar-refractivity contribution >= 4 is 19.8 Å². The highest BCUT2D eigenvalue weighted by molar-refractivity contribution is 6.74.